The summed E-state index contributed by atoms with van der Waals surface area (Å²) in [6.07, 6.45) is -0.651. The van der Waals surface area contributed by atoms with Crippen molar-refractivity contribution < 1.29 is 33.6 Å². The monoisotopic (exact) mass is 344 g/mol. The predicted molar refractivity (Wildman–Crippen MR) is 83.1 cm³/mol. The lowest BCUT2D eigenvalue weighted by Crippen LogP contribution is -2.62. The standard InChI is InChI=1S/C17H28O7/c1-6-17(7-2)23-14-12(19)13-11(21-15(4,5)22-13)8-16(14,24-17)9-20-10(3)18/h11-14,19H,6-9H2,1-5H3/t11-,12-,13-,14+,16+/m1/s1. The van der Waals surface area contributed by atoms with Gasteiger partial charge >= 0.3 is 5.97 Å². The third-order valence-electron chi connectivity index (χ3n) is 5.26. The van der Waals surface area contributed by atoms with Crippen LogP contribution in [0.4, 0.5) is 0 Å². The zero-order valence-corrected chi connectivity index (χ0v) is 15.0. The number of hydrogen-bond acceptors (Lipinski definition) is 7. The van der Waals surface area contributed by atoms with Crippen molar-refractivity contribution in [2.75, 3.05) is 6.61 Å². The fourth-order valence-corrected chi connectivity index (χ4v) is 4.11. The van der Waals surface area contributed by atoms with Crippen molar-refractivity contribution in [3.8, 4) is 0 Å². The molecule has 2 heterocycles. The van der Waals surface area contributed by atoms with E-state index in [2.05, 4.69) is 0 Å². The molecule has 2 saturated heterocycles. The second-order valence-electron chi connectivity index (χ2n) is 7.44. The zero-order chi connectivity index (χ0) is 17.8. The van der Waals surface area contributed by atoms with Crippen molar-refractivity contribution in [2.45, 2.75) is 95.5 Å². The molecule has 1 saturated carbocycles. The average molecular weight is 344 g/mol. The summed E-state index contributed by atoms with van der Waals surface area (Å²) < 4.78 is 29.6. The Morgan fingerprint density at radius 3 is 2.46 bits per heavy atom. The molecular formula is C17H28O7. The Balaban J connectivity index is 1.92. The maximum atomic E-state index is 11.3. The lowest BCUT2D eigenvalue weighted by molar-refractivity contribution is -0.210. The largest absolute Gasteiger partial charge is 0.463 e. The number of carbonyl (C=O) groups is 1. The van der Waals surface area contributed by atoms with Crippen LogP contribution in [0.5, 0.6) is 0 Å². The first-order chi connectivity index (χ1) is 11.2. The molecule has 7 nitrogen and oxygen atoms in total. The third kappa shape index (κ3) is 2.86. The summed E-state index contributed by atoms with van der Waals surface area (Å²) in [5.41, 5.74) is -0.929. The molecular weight excluding hydrogens is 316 g/mol. The Bertz CT molecular complexity index is 501. The van der Waals surface area contributed by atoms with Crippen LogP contribution < -0.4 is 0 Å². The summed E-state index contributed by atoms with van der Waals surface area (Å²) in [7, 11) is 0. The van der Waals surface area contributed by atoms with E-state index in [0.29, 0.717) is 19.3 Å². The van der Waals surface area contributed by atoms with Crippen LogP contribution in [0.25, 0.3) is 0 Å². The lowest BCUT2D eigenvalue weighted by Gasteiger charge is -2.42. The highest BCUT2D eigenvalue weighted by Gasteiger charge is 2.67. The van der Waals surface area contributed by atoms with E-state index in [4.69, 9.17) is 23.7 Å². The van der Waals surface area contributed by atoms with Crippen molar-refractivity contribution in [2.24, 2.45) is 0 Å². The van der Waals surface area contributed by atoms with Crippen LogP contribution in [0, 0.1) is 0 Å². The van der Waals surface area contributed by atoms with Gasteiger partial charge in [0.15, 0.2) is 11.6 Å². The highest BCUT2D eigenvalue weighted by molar-refractivity contribution is 5.66. The second-order valence-corrected chi connectivity index (χ2v) is 7.44. The van der Waals surface area contributed by atoms with E-state index in [9.17, 15) is 9.90 Å². The highest BCUT2D eigenvalue weighted by atomic mass is 16.8. The number of esters is 1. The average Bonchev–Trinajstić information content (AvgIpc) is 3.00. The van der Waals surface area contributed by atoms with Gasteiger partial charge in [-0.05, 0) is 26.7 Å². The molecule has 0 radical (unpaired) electrons. The van der Waals surface area contributed by atoms with Crippen molar-refractivity contribution >= 4 is 5.97 Å². The second kappa shape index (κ2) is 5.92. The fraction of sp³-hybridized carbons (Fsp3) is 0.941. The highest BCUT2D eigenvalue weighted by Crippen LogP contribution is 2.51. The smallest absolute Gasteiger partial charge is 0.302 e. The molecule has 0 bridgehead atoms. The van der Waals surface area contributed by atoms with E-state index in [1.54, 1.807) is 0 Å². The Labute approximate surface area is 142 Å². The van der Waals surface area contributed by atoms with E-state index in [1.165, 1.54) is 6.92 Å². The van der Waals surface area contributed by atoms with Crippen LogP contribution in [0.15, 0.2) is 0 Å². The van der Waals surface area contributed by atoms with Crippen LogP contribution in [-0.2, 0) is 28.5 Å². The maximum Gasteiger partial charge on any atom is 0.302 e. The number of hydrogen-bond donors (Lipinski definition) is 1. The van der Waals surface area contributed by atoms with E-state index < -0.39 is 41.5 Å². The Hall–Kier alpha value is -0.730. The van der Waals surface area contributed by atoms with Crippen LogP contribution in [0.1, 0.15) is 53.9 Å². The first-order valence-electron chi connectivity index (χ1n) is 8.71. The zero-order valence-electron chi connectivity index (χ0n) is 15.0. The Morgan fingerprint density at radius 1 is 1.21 bits per heavy atom. The summed E-state index contributed by atoms with van der Waals surface area (Å²) in [6, 6.07) is 0. The van der Waals surface area contributed by atoms with Crippen molar-refractivity contribution in [3.63, 3.8) is 0 Å². The van der Waals surface area contributed by atoms with Crippen LogP contribution in [0.2, 0.25) is 0 Å². The van der Waals surface area contributed by atoms with E-state index in [0.717, 1.165) is 0 Å². The molecule has 0 amide bonds. The van der Waals surface area contributed by atoms with E-state index >= 15 is 0 Å². The van der Waals surface area contributed by atoms with Gasteiger partial charge in [-0.1, -0.05) is 13.8 Å². The molecule has 1 N–H and O–H groups in total. The molecule has 24 heavy (non-hydrogen) atoms. The third-order valence-corrected chi connectivity index (χ3v) is 5.26. The molecule has 0 unspecified atom stereocenters. The van der Waals surface area contributed by atoms with Crippen LogP contribution in [-0.4, -0.2) is 59.3 Å². The Morgan fingerprint density at radius 2 is 1.88 bits per heavy atom. The molecule has 0 aromatic rings. The minimum Gasteiger partial charge on any atom is -0.463 e. The summed E-state index contributed by atoms with van der Waals surface area (Å²) in [5.74, 6) is -1.96. The SMILES string of the molecule is CCC1(CC)O[C@H]2[C@H](O)[C@@H]3OC(C)(C)O[C@@H]3C[C@@]2(COC(C)=O)O1. The molecule has 3 rings (SSSR count). The first-order valence-corrected chi connectivity index (χ1v) is 8.71. The van der Waals surface area contributed by atoms with E-state index in [-0.39, 0.29) is 12.7 Å². The predicted octanol–water partition coefficient (Wildman–Crippen LogP) is 1.50. The van der Waals surface area contributed by atoms with Gasteiger partial charge in [0.25, 0.3) is 0 Å². The van der Waals surface area contributed by atoms with Gasteiger partial charge in [-0.2, -0.15) is 0 Å². The summed E-state index contributed by atoms with van der Waals surface area (Å²) in [4.78, 5) is 11.3. The normalized spacial score (nSPS) is 42.4. The molecule has 0 aromatic carbocycles. The van der Waals surface area contributed by atoms with Gasteiger partial charge in [-0.25, -0.2) is 0 Å². The molecule has 2 aliphatic heterocycles. The number of aliphatic hydroxyl groups is 1. The topological polar surface area (TPSA) is 83.5 Å². The summed E-state index contributed by atoms with van der Waals surface area (Å²) in [6.45, 7) is 8.97. The van der Waals surface area contributed by atoms with Gasteiger partial charge in [-0.3, -0.25) is 4.79 Å². The van der Waals surface area contributed by atoms with Crippen molar-refractivity contribution in [1.29, 1.82) is 0 Å². The molecule has 138 valence electrons. The quantitative estimate of drug-likeness (QED) is 0.774. The van der Waals surface area contributed by atoms with Gasteiger partial charge in [0.1, 0.15) is 30.5 Å². The minimum atomic E-state index is -0.929. The number of ether oxygens (including phenoxy) is 5. The Kier molecular flexibility index (Phi) is 4.45. The minimum absolute atomic E-state index is 0.0266. The summed E-state index contributed by atoms with van der Waals surface area (Å²) in [5, 5.41) is 10.9. The molecule has 1 aliphatic carbocycles. The van der Waals surface area contributed by atoms with Crippen LogP contribution >= 0.6 is 0 Å². The fourth-order valence-electron chi connectivity index (χ4n) is 4.11. The molecule has 0 aromatic heterocycles. The van der Waals surface area contributed by atoms with E-state index in [1.807, 2.05) is 27.7 Å². The van der Waals surface area contributed by atoms with Crippen LogP contribution in [0.3, 0.4) is 0 Å². The van der Waals surface area contributed by atoms with Gasteiger partial charge in [-0.15, -0.1) is 0 Å². The maximum absolute atomic E-state index is 11.3. The van der Waals surface area contributed by atoms with Crippen molar-refractivity contribution in [1.82, 2.24) is 0 Å². The van der Waals surface area contributed by atoms with Crippen molar-refractivity contribution in [3.05, 3.63) is 0 Å². The van der Waals surface area contributed by atoms with Gasteiger partial charge < -0.3 is 28.8 Å². The van der Waals surface area contributed by atoms with Gasteiger partial charge in [0, 0.05) is 13.3 Å². The molecule has 0 spiro atoms. The molecule has 3 fully saturated rings. The first kappa shape index (κ1) is 18.1. The molecule has 5 atom stereocenters. The number of fused-ring (bicyclic) bond motifs is 2. The molecule has 3 aliphatic rings. The van der Waals surface area contributed by atoms with Gasteiger partial charge in [0.2, 0.25) is 0 Å². The van der Waals surface area contributed by atoms with Gasteiger partial charge in [0.05, 0.1) is 6.10 Å². The number of rotatable bonds is 4. The summed E-state index contributed by atoms with van der Waals surface area (Å²) >= 11 is 0. The number of aliphatic hydroxyl groups excluding tert-OH is 1. The molecule has 7 heteroatoms. The lowest BCUT2D eigenvalue weighted by atomic mass is 9.77. The number of carbonyl (C=O) groups excluding carboxylic acids is 1.